The highest BCUT2D eigenvalue weighted by molar-refractivity contribution is 8.27. The van der Waals surface area contributed by atoms with Crippen molar-refractivity contribution in [3.05, 3.63) is 64.8 Å². The molecule has 0 spiro atoms. The van der Waals surface area contributed by atoms with Gasteiger partial charge in [0.1, 0.15) is 11.6 Å². The Morgan fingerprint density at radius 3 is 2.74 bits per heavy atom. The Balaban J connectivity index is 1.95. The van der Waals surface area contributed by atoms with Gasteiger partial charge in [0.15, 0.2) is 4.32 Å². The molecule has 3 nitrogen and oxygen atoms in total. The second-order valence-electron chi connectivity index (χ2n) is 4.75. The predicted octanol–water partition coefficient (Wildman–Crippen LogP) is 4.24. The third kappa shape index (κ3) is 3.13. The fraction of sp³-hybridized carbons (Fsp3) is 0.0588. The minimum atomic E-state index is -0.480. The topological polar surface area (TPSA) is 29.5 Å². The van der Waals surface area contributed by atoms with Crippen LogP contribution in [0.5, 0.6) is 5.75 Å². The number of ether oxygens (including phenoxy) is 1. The molecular weight excluding hydrogens is 333 g/mol. The van der Waals surface area contributed by atoms with Gasteiger partial charge in [0.05, 0.1) is 17.7 Å². The molecular formula is C17H12FNO2S2. The summed E-state index contributed by atoms with van der Waals surface area (Å²) < 4.78 is 19.4. The first-order valence-electron chi connectivity index (χ1n) is 6.76. The van der Waals surface area contributed by atoms with Crippen molar-refractivity contribution < 1.29 is 13.9 Å². The number of amides is 1. The lowest BCUT2D eigenvalue weighted by atomic mass is 10.2. The molecule has 1 amide bonds. The summed E-state index contributed by atoms with van der Waals surface area (Å²) >= 11 is 6.39. The Hall–Kier alpha value is -2.18. The number of para-hydroxylation sites is 1. The van der Waals surface area contributed by atoms with E-state index in [2.05, 4.69) is 0 Å². The van der Waals surface area contributed by atoms with E-state index in [1.807, 2.05) is 24.3 Å². The van der Waals surface area contributed by atoms with Gasteiger partial charge in [-0.1, -0.05) is 48.2 Å². The first kappa shape index (κ1) is 15.7. The van der Waals surface area contributed by atoms with Crippen molar-refractivity contribution in [3.8, 4) is 5.75 Å². The fourth-order valence-electron chi connectivity index (χ4n) is 2.19. The SMILES string of the molecule is COc1cccc(/C=C2\SC(=S)N(c3ccccc3F)C2=O)c1. The molecule has 6 heteroatoms. The minimum absolute atomic E-state index is 0.170. The molecule has 0 saturated carbocycles. The van der Waals surface area contributed by atoms with Crippen molar-refractivity contribution in [2.24, 2.45) is 0 Å². The monoisotopic (exact) mass is 345 g/mol. The van der Waals surface area contributed by atoms with Crippen LogP contribution in [0, 0.1) is 5.82 Å². The van der Waals surface area contributed by atoms with Crippen LogP contribution in [0.25, 0.3) is 6.08 Å². The lowest BCUT2D eigenvalue weighted by molar-refractivity contribution is -0.113. The van der Waals surface area contributed by atoms with Crippen molar-refractivity contribution in [2.75, 3.05) is 12.0 Å². The lowest BCUT2D eigenvalue weighted by Gasteiger charge is -2.14. The Morgan fingerprint density at radius 1 is 1.22 bits per heavy atom. The number of thiocarbonyl (C=S) groups is 1. The van der Waals surface area contributed by atoms with Crippen molar-refractivity contribution >= 4 is 46.0 Å². The quantitative estimate of drug-likeness (QED) is 0.615. The maximum Gasteiger partial charge on any atom is 0.270 e. The van der Waals surface area contributed by atoms with Crippen LogP contribution in [0.4, 0.5) is 10.1 Å². The fourth-order valence-corrected chi connectivity index (χ4v) is 3.48. The maximum atomic E-state index is 13.9. The van der Waals surface area contributed by atoms with Crippen molar-refractivity contribution in [1.29, 1.82) is 0 Å². The van der Waals surface area contributed by atoms with E-state index in [0.717, 1.165) is 17.3 Å². The van der Waals surface area contributed by atoms with Gasteiger partial charge in [0.25, 0.3) is 5.91 Å². The van der Waals surface area contributed by atoms with Crippen LogP contribution in [0.3, 0.4) is 0 Å². The van der Waals surface area contributed by atoms with Crippen molar-refractivity contribution in [2.45, 2.75) is 0 Å². The number of carbonyl (C=O) groups excluding carboxylic acids is 1. The zero-order valence-corrected chi connectivity index (χ0v) is 13.8. The van der Waals surface area contributed by atoms with E-state index in [4.69, 9.17) is 17.0 Å². The lowest BCUT2D eigenvalue weighted by Crippen LogP contribution is -2.28. The molecule has 0 aliphatic carbocycles. The number of rotatable bonds is 3. The standard InChI is InChI=1S/C17H12FNO2S2/c1-21-12-6-4-5-11(9-12)10-15-16(20)19(17(22)23-15)14-8-3-2-7-13(14)18/h2-10H,1H3/b15-10-. The Morgan fingerprint density at radius 2 is 2.00 bits per heavy atom. The van der Waals surface area contributed by atoms with Gasteiger partial charge in [0, 0.05) is 0 Å². The van der Waals surface area contributed by atoms with Gasteiger partial charge in [-0.05, 0) is 35.9 Å². The van der Waals surface area contributed by atoms with E-state index >= 15 is 0 Å². The molecule has 2 aromatic rings. The zero-order valence-electron chi connectivity index (χ0n) is 12.2. The molecule has 1 heterocycles. The summed E-state index contributed by atoms with van der Waals surface area (Å²) in [5, 5.41) is 0. The molecule has 0 unspecified atom stereocenters. The largest absolute Gasteiger partial charge is 0.497 e. The first-order chi connectivity index (χ1) is 11.1. The average Bonchev–Trinajstić information content (AvgIpc) is 2.82. The molecule has 1 saturated heterocycles. The molecule has 1 aliphatic heterocycles. The number of halogens is 1. The van der Waals surface area contributed by atoms with E-state index in [1.165, 1.54) is 17.0 Å². The summed E-state index contributed by atoms with van der Waals surface area (Å²) in [6.07, 6.45) is 1.72. The highest BCUT2D eigenvalue weighted by Gasteiger charge is 2.34. The highest BCUT2D eigenvalue weighted by Crippen LogP contribution is 2.37. The molecule has 2 aromatic carbocycles. The molecule has 23 heavy (non-hydrogen) atoms. The van der Waals surface area contributed by atoms with Crippen LogP contribution in [0.1, 0.15) is 5.56 Å². The number of thioether (sulfide) groups is 1. The Bertz CT molecular complexity index is 820. The summed E-state index contributed by atoms with van der Waals surface area (Å²) in [7, 11) is 1.58. The minimum Gasteiger partial charge on any atom is -0.497 e. The number of hydrogen-bond donors (Lipinski definition) is 0. The van der Waals surface area contributed by atoms with Crippen LogP contribution in [-0.2, 0) is 4.79 Å². The van der Waals surface area contributed by atoms with Gasteiger partial charge in [0.2, 0.25) is 0 Å². The average molecular weight is 345 g/mol. The third-order valence-corrected chi connectivity index (χ3v) is 4.58. The van der Waals surface area contributed by atoms with E-state index in [0.29, 0.717) is 15.0 Å². The first-order valence-corrected chi connectivity index (χ1v) is 7.99. The molecule has 1 aliphatic rings. The number of methoxy groups -OCH3 is 1. The maximum absolute atomic E-state index is 13.9. The van der Waals surface area contributed by atoms with Crippen LogP contribution < -0.4 is 9.64 Å². The predicted molar refractivity (Wildman–Crippen MR) is 95.0 cm³/mol. The molecule has 0 bridgehead atoms. The number of benzene rings is 2. The van der Waals surface area contributed by atoms with Gasteiger partial charge in [-0.3, -0.25) is 9.69 Å². The number of carbonyl (C=O) groups is 1. The summed E-state index contributed by atoms with van der Waals surface area (Å²) in [4.78, 5) is 14.3. The number of anilines is 1. The van der Waals surface area contributed by atoms with Crippen LogP contribution in [0.15, 0.2) is 53.4 Å². The second-order valence-corrected chi connectivity index (χ2v) is 6.42. The summed E-state index contributed by atoms with van der Waals surface area (Å²) in [6, 6.07) is 13.4. The normalized spacial score (nSPS) is 16.3. The van der Waals surface area contributed by atoms with E-state index in [9.17, 15) is 9.18 Å². The zero-order chi connectivity index (χ0) is 16.4. The van der Waals surface area contributed by atoms with Crippen molar-refractivity contribution in [3.63, 3.8) is 0 Å². The van der Waals surface area contributed by atoms with E-state index < -0.39 is 5.82 Å². The molecule has 3 rings (SSSR count). The molecule has 0 aromatic heterocycles. The number of nitrogens with zero attached hydrogens (tertiary/aromatic N) is 1. The molecule has 0 radical (unpaired) electrons. The summed E-state index contributed by atoms with van der Waals surface area (Å²) in [6.45, 7) is 0. The molecule has 0 atom stereocenters. The van der Waals surface area contributed by atoms with E-state index in [1.54, 1.807) is 25.3 Å². The Kier molecular flexibility index (Phi) is 4.45. The highest BCUT2D eigenvalue weighted by atomic mass is 32.2. The summed E-state index contributed by atoms with van der Waals surface area (Å²) in [5.74, 6) is -0.109. The smallest absolute Gasteiger partial charge is 0.270 e. The van der Waals surface area contributed by atoms with Gasteiger partial charge < -0.3 is 4.74 Å². The van der Waals surface area contributed by atoms with Gasteiger partial charge in [-0.15, -0.1) is 0 Å². The van der Waals surface area contributed by atoms with Crippen LogP contribution in [-0.4, -0.2) is 17.3 Å². The molecule has 1 fully saturated rings. The van der Waals surface area contributed by atoms with E-state index in [-0.39, 0.29) is 11.6 Å². The summed E-state index contributed by atoms with van der Waals surface area (Å²) in [5.41, 5.74) is 0.988. The third-order valence-electron chi connectivity index (χ3n) is 3.28. The number of hydrogen-bond acceptors (Lipinski definition) is 4. The van der Waals surface area contributed by atoms with Crippen LogP contribution >= 0.6 is 24.0 Å². The van der Waals surface area contributed by atoms with Gasteiger partial charge in [-0.2, -0.15) is 0 Å². The van der Waals surface area contributed by atoms with Gasteiger partial charge >= 0.3 is 0 Å². The van der Waals surface area contributed by atoms with Gasteiger partial charge in [-0.25, -0.2) is 4.39 Å². The van der Waals surface area contributed by atoms with Crippen molar-refractivity contribution in [1.82, 2.24) is 0 Å². The van der Waals surface area contributed by atoms with Crippen LogP contribution in [0.2, 0.25) is 0 Å². The molecule has 116 valence electrons. The Labute approximate surface area is 142 Å². The second kappa shape index (κ2) is 6.52. The molecule has 0 N–H and O–H groups in total.